The lowest BCUT2D eigenvalue weighted by atomic mass is 9.88. The van der Waals surface area contributed by atoms with Crippen molar-refractivity contribution in [3.05, 3.63) is 181 Å². The van der Waals surface area contributed by atoms with E-state index in [1.165, 1.54) is 33.3 Å². The van der Waals surface area contributed by atoms with Crippen molar-refractivity contribution in [2.75, 3.05) is 16.5 Å². The van der Waals surface area contributed by atoms with Crippen LogP contribution < -0.4 is 14.5 Å². The first-order valence-electron chi connectivity index (χ1n) is 18.5. The smallest absolute Gasteiger partial charge is 0.137 e. The van der Waals surface area contributed by atoms with Crippen LogP contribution in [0.4, 0.5) is 11.4 Å². The van der Waals surface area contributed by atoms with Crippen LogP contribution in [0.5, 0.6) is 11.5 Å². The Labute approximate surface area is 317 Å². The molecule has 5 nitrogen and oxygen atoms in total. The van der Waals surface area contributed by atoms with Gasteiger partial charge in [0.25, 0.3) is 0 Å². The van der Waals surface area contributed by atoms with Crippen LogP contribution in [0.3, 0.4) is 0 Å². The molecule has 3 heterocycles. The number of hydrogen-bond donors (Lipinski definition) is 0. The van der Waals surface area contributed by atoms with Crippen LogP contribution in [0.15, 0.2) is 170 Å². The van der Waals surface area contributed by atoms with E-state index in [2.05, 4.69) is 206 Å². The molecular weight excluding hydrogens is 661 g/mol. The summed E-state index contributed by atoms with van der Waals surface area (Å²) in [5, 5.41) is 2.35. The van der Waals surface area contributed by atoms with Crippen molar-refractivity contribution in [2.45, 2.75) is 33.1 Å². The van der Waals surface area contributed by atoms with Gasteiger partial charge < -0.3 is 14.5 Å². The van der Waals surface area contributed by atoms with E-state index in [4.69, 9.17) is 9.72 Å². The van der Waals surface area contributed by atoms with Crippen LogP contribution in [-0.4, -0.2) is 16.2 Å². The van der Waals surface area contributed by atoms with Crippen LogP contribution in [0.25, 0.3) is 49.9 Å². The van der Waals surface area contributed by atoms with Crippen molar-refractivity contribution in [1.29, 1.82) is 0 Å². The Hall–Kier alpha value is -6.59. The van der Waals surface area contributed by atoms with E-state index < -0.39 is 0 Å². The van der Waals surface area contributed by atoms with Gasteiger partial charge in [-0.15, -0.1) is 0 Å². The highest BCUT2D eigenvalue weighted by atomic mass is 16.5. The number of pyridine rings is 1. The van der Waals surface area contributed by atoms with E-state index >= 15 is 0 Å². The summed E-state index contributed by atoms with van der Waals surface area (Å²) in [6.45, 7) is 9.57. The molecule has 0 amide bonds. The van der Waals surface area contributed by atoms with Crippen LogP contribution in [-0.2, 0) is 5.41 Å². The van der Waals surface area contributed by atoms with Crippen molar-refractivity contribution in [3.63, 3.8) is 0 Å². The number of hydrogen-bond acceptors (Lipinski definition) is 4. The van der Waals surface area contributed by atoms with Crippen LogP contribution in [0, 0.1) is 6.92 Å². The SMILES string of the molecule is Cc1ccc(-c2ccccc2)cc1N1C=CN(c2cc(Oc3ccc4c5ccccc5n(-c5cc(C(C)(C)C)ccn5)c4c3)cc(-c3ccccc3)c2)C1. The quantitative estimate of drug-likeness (QED) is 0.166. The number of anilines is 2. The fourth-order valence-corrected chi connectivity index (χ4v) is 7.48. The monoisotopic (exact) mass is 702 g/mol. The molecule has 0 radical (unpaired) electrons. The fraction of sp³-hybridized carbons (Fsp3) is 0.122. The predicted octanol–water partition coefficient (Wildman–Crippen LogP) is 12.7. The van der Waals surface area contributed by atoms with Gasteiger partial charge in [-0.25, -0.2) is 4.98 Å². The molecule has 264 valence electrons. The number of fused-ring (bicyclic) bond motifs is 3. The average molecular weight is 703 g/mol. The van der Waals surface area contributed by atoms with Gasteiger partial charge in [-0.05, 0) is 94.3 Å². The molecule has 6 aromatic carbocycles. The Bertz CT molecular complexity index is 2670. The molecule has 0 N–H and O–H groups in total. The summed E-state index contributed by atoms with van der Waals surface area (Å²) in [4.78, 5) is 9.46. The van der Waals surface area contributed by atoms with Gasteiger partial charge in [0.1, 0.15) is 17.3 Å². The third kappa shape index (κ3) is 6.28. The number of aryl methyl sites for hydroxylation is 1. The molecule has 54 heavy (non-hydrogen) atoms. The minimum atomic E-state index is -0.00120. The highest BCUT2D eigenvalue weighted by Crippen LogP contribution is 2.39. The topological polar surface area (TPSA) is 33.5 Å². The lowest BCUT2D eigenvalue weighted by Crippen LogP contribution is -2.25. The number of benzene rings is 6. The van der Waals surface area contributed by atoms with Gasteiger partial charge in [-0.3, -0.25) is 4.57 Å². The third-order valence-corrected chi connectivity index (χ3v) is 10.4. The third-order valence-electron chi connectivity index (χ3n) is 10.4. The number of ether oxygens (including phenoxy) is 1. The highest BCUT2D eigenvalue weighted by molar-refractivity contribution is 6.09. The van der Waals surface area contributed by atoms with Gasteiger partial charge >= 0.3 is 0 Å². The van der Waals surface area contributed by atoms with Crippen molar-refractivity contribution in [2.24, 2.45) is 0 Å². The van der Waals surface area contributed by atoms with Gasteiger partial charge in [0.2, 0.25) is 0 Å². The molecule has 2 aromatic heterocycles. The number of aromatic nitrogens is 2. The van der Waals surface area contributed by atoms with Crippen LogP contribution in [0.1, 0.15) is 31.9 Å². The van der Waals surface area contributed by atoms with Gasteiger partial charge in [0.05, 0.1) is 17.7 Å². The number of rotatable bonds is 7. The first-order valence-corrected chi connectivity index (χ1v) is 18.5. The van der Waals surface area contributed by atoms with Gasteiger partial charge in [0.15, 0.2) is 0 Å². The summed E-state index contributed by atoms with van der Waals surface area (Å²) >= 11 is 0. The number of nitrogens with zero attached hydrogens (tertiary/aromatic N) is 4. The highest BCUT2D eigenvalue weighted by Gasteiger charge is 2.21. The molecule has 1 aliphatic rings. The Morgan fingerprint density at radius 3 is 2.04 bits per heavy atom. The Balaban J connectivity index is 1.08. The summed E-state index contributed by atoms with van der Waals surface area (Å²) in [7, 11) is 0. The lowest BCUT2D eigenvalue weighted by Gasteiger charge is -2.24. The van der Waals surface area contributed by atoms with E-state index in [-0.39, 0.29) is 5.41 Å². The Morgan fingerprint density at radius 1 is 0.556 bits per heavy atom. The molecule has 0 fully saturated rings. The fourth-order valence-electron chi connectivity index (χ4n) is 7.48. The zero-order chi connectivity index (χ0) is 36.8. The minimum Gasteiger partial charge on any atom is -0.457 e. The van der Waals surface area contributed by atoms with Gasteiger partial charge in [0, 0.05) is 52.9 Å². The summed E-state index contributed by atoms with van der Waals surface area (Å²) in [6.07, 6.45) is 6.25. The predicted molar refractivity (Wildman–Crippen MR) is 225 cm³/mol. The standard InChI is InChI=1S/C49H42N4O/c1-34-19-20-37(35-13-7-5-8-14-35)29-46(34)52-26-25-51(33-52)40-27-38(36-15-9-6-10-16-36)28-42(31-40)54-41-21-22-44-43-17-11-12-18-45(43)53(47(44)32-41)48-30-39(23-24-50-48)49(2,3)4/h5-32H,33H2,1-4H3. The average Bonchev–Trinajstić information content (AvgIpc) is 3.82. The van der Waals surface area contributed by atoms with E-state index in [1.807, 2.05) is 6.20 Å². The lowest BCUT2D eigenvalue weighted by molar-refractivity contribution is 0.483. The first kappa shape index (κ1) is 33.3. The van der Waals surface area contributed by atoms with E-state index in [0.29, 0.717) is 6.67 Å². The Kier molecular flexibility index (Phi) is 8.27. The molecule has 0 aliphatic carbocycles. The molecule has 0 saturated heterocycles. The van der Waals surface area contributed by atoms with E-state index in [0.717, 1.165) is 50.6 Å². The molecule has 0 bridgehead atoms. The zero-order valence-electron chi connectivity index (χ0n) is 31.1. The minimum absolute atomic E-state index is 0.00120. The molecule has 0 spiro atoms. The molecule has 0 atom stereocenters. The maximum Gasteiger partial charge on any atom is 0.137 e. The second kappa shape index (κ2) is 13.4. The molecule has 9 rings (SSSR count). The van der Waals surface area contributed by atoms with Crippen LogP contribution >= 0.6 is 0 Å². The van der Waals surface area contributed by atoms with Crippen molar-refractivity contribution >= 4 is 33.2 Å². The Morgan fingerprint density at radius 2 is 1.26 bits per heavy atom. The van der Waals surface area contributed by atoms with Gasteiger partial charge in [-0.2, -0.15) is 0 Å². The van der Waals surface area contributed by atoms with E-state index in [9.17, 15) is 0 Å². The second-order valence-electron chi connectivity index (χ2n) is 15.1. The summed E-state index contributed by atoms with van der Waals surface area (Å²) in [6, 6.07) is 53.6. The maximum absolute atomic E-state index is 6.81. The van der Waals surface area contributed by atoms with Gasteiger partial charge in [-0.1, -0.05) is 112 Å². The van der Waals surface area contributed by atoms with Crippen molar-refractivity contribution in [3.8, 4) is 39.6 Å². The molecular formula is C49H42N4O. The molecule has 1 aliphatic heterocycles. The van der Waals surface area contributed by atoms with Crippen molar-refractivity contribution in [1.82, 2.24) is 9.55 Å². The van der Waals surface area contributed by atoms with Crippen molar-refractivity contribution < 1.29 is 4.74 Å². The molecule has 0 unspecified atom stereocenters. The first-order chi connectivity index (χ1) is 26.3. The summed E-state index contributed by atoms with van der Waals surface area (Å²) in [5.41, 5.74) is 11.5. The molecule has 5 heteroatoms. The normalized spacial score (nSPS) is 13.0. The summed E-state index contributed by atoms with van der Waals surface area (Å²) < 4.78 is 9.07. The molecule has 8 aromatic rings. The number of para-hydroxylation sites is 1. The zero-order valence-corrected chi connectivity index (χ0v) is 31.1. The maximum atomic E-state index is 6.81. The molecule has 0 saturated carbocycles. The largest absolute Gasteiger partial charge is 0.457 e. The second-order valence-corrected chi connectivity index (χ2v) is 15.1. The van der Waals surface area contributed by atoms with E-state index in [1.54, 1.807) is 0 Å². The van der Waals surface area contributed by atoms with Crippen LogP contribution in [0.2, 0.25) is 0 Å². The summed E-state index contributed by atoms with van der Waals surface area (Å²) in [5.74, 6) is 2.44.